The van der Waals surface area contributed by atoms with E-state index in [-0.39, 0.29) is 16.6 Å². The van der Waals surface area contributed by atoms with Crippen LogP contribution in [0.5, 0.6) is 0 Å². The highest BCUT2D eigenvalue weighted by molar-refractivity contribution is 7.99. The minimum Gasteiger partial charge on any atom is -0.355 e. The van der Waals surface area contributed by atoms with Crippen molar-refractivity contribution in [2.45, 2.75) is 24.6 Å². The Hall–Kier alpha value is -1.27. The minimum absolute atomic E-state index is 0.141. The van der Waals surface area contributed by atoms with Crippen molar-refractivity contribution < 1.29 is 4.39 Å². The molecule has 1 unspecified atom stereocenters. The van der Waals surface area contributed by atoms with Crippen molar-refractivity contribution in [3.63, 3.8) is 0 Å². The number of nitrogens with one attached hydrogen (secondary N) is 2. The predicted molar refractivity (Wildman–Crippen MR) is 99.8 cm³/mol. The lowest BCUT2D eigenvalue weighted by Gasteiger charge is -2.27. The van der Waals surface area contributed by atoms with E-state index >= 15 is 0 Å². The van der Waals surface area contributed by atoms with Gasteiger partial charge in [0.2, 0.25) is 0 Å². The van der Waals surface area contributed by atoms with E-state index in [9.17, 15) is 4.39 Å². The number of halogens is 1. The van der Waals surface area contributed by atoms with Crippen LogP contribution in [-0.4, -0.2) is 56.1 Å². The summed E-state index contributed by atoms with van der Waals surface area (Å²) in [4.78, 5) is 6.38. The van der Waals surface area contributed by atoms with E-state index in [1.54, 1.807) is 7.05 Å². The highest BCUT2D eigenvalue weighted by Crippen LogP contribution is 2.20. The van der Waals surface area contributed by atoms with Gasteiger partial charge in [-0.1, -0.05) is 12.1 Å². The summed E-state index contributed by atoms with van der Waals surface area (Å²) in [6.07, 6.45) is 2.11. The summed E-state index contributed by atoms with van der Waals surface area (Å²) < 4.78 is 13.3. The first-order chi connectivity index (χ1) is 10.8. The van der Waals surface area contributed by atoms with Crippen LogP contribution in [-0.2, 0) is 0 Å². The minimum atomic E-state index is -0.212. The van der Waals surface area contributed by atoms with Gasteiger partial charge < -0.3 is 15.5 Å². The molecule has 130 valence electrons. The van der Waals surface area contributed by atoms with E-state index < -0.39 is 0 Å². The molecule has 0 heterocycles. The van der Waals surface area contributed by atoms with E-state index in [2.05, 4.69) is 40.6 Å². The predicted octanol–water partition coefficient (Wildman–Crippen LogP) is 2.74. The number of hydrogen-bond acceptors (Lipinski definition) is 3. The van der Waals surface area contributed by atoms with Crippen LogP contribution in [0, 0.1) is 5.82 Å². The third-order valence-electron chi connectivity index (χ3n) is 3.80. The highest BCUT2D eigenvalue weighted by Gasteiger charge is 2.18. The molecule has 4 nitrogen and oxygen atoms in total. The molecule has 0 amide bonds. The first-order valence-electron chi connectivity index (χ1n) is 7.70. The summed E-state index contributed by atoms with van der Waals surface area (Å²) in [7, 11) is 5.80. The first kappa shape index (κ1) is 19.8. The van der Waals surface area contributed by atoms with E-state index in [4.69, 9.17) is 0 Å². The molecule has 0 aliphatic rings. The van der Waals surface area contributed by atoms with Crippen LogP contribution in [0.25, 0.3) is 0 Å². The molecule has 0 aliphatic heterocycles. The van der Waals surface area contributed by atoms with Crippen LogP contribution in [0.3, 0.4) is 0 Å². The van der Waals surface area contributed by atoms with E-state index in [0.717, 1.165) is 18.1 Å². The number of aliphatic imine (C=N–C) groups is 1. The molecule has 0 aromatic heterocycles. The molecule has 0 saturated heterocycles. The summed E-state index contributed by atoms with van der Waals surface area (Å²) in [5, 5.41) is 6.71. The fourth-order valence-electron chi connectivity index (χ4n) is 2.07. The molecule has 0 saturated carbocycles. The molecular formula is C17H29FN4S. The Labute approximate surface area is 143 Å². The molecule has 1 aromatic rings. The standard InChI is InChI=1S/C17H29FN4S/c1-17(2,23-6)12-21-16(19-3)20-11-15(22(4)5)13-7-9-14(18)10-8-13/h7-10,15H,11-12H2,1-6H3,(H2,19,20,21). The fraction of sp³-hybridized carbons (Fsp3) is 0.588. The van der Waals surface area contributed by atoms with Gasteiger partial charge in [0, 0.05) is 24.9 Å². The van der Waals surface area contributed by atoms with Crippen molar-refractivity contribution in [3.8, 4) is 0 Å². The Bertz CT molecular complexity index is 500. The summed E-state index contributed by atoms with van der Waals surface area (Å²) in [5.74, 6) is 0.567. The smallest absolute Gasteiger partial charge is 0.191 e. The molecule has 0 fully saturated rings. The van der Waals surface area contributed by atoms with E-state index in [1.807, 2.05) is 38.0 Å². The molecule has 1 aromatic carbocycles. The van der Waals surface area contributed by atoms with Gasteiger partial charge in [0.05, 0.1) is 6.04 Å². The van der Waals surface area contributed by atoms with Crippen molar-refractivity contribution in [1.82, 2.24) is 15.5 Å². The van der Waals surface area contributed by atoms with Crippen LogP contribution in [0.2, 0.25) is 0 Å². The van der Waals surface area contributed by atoms with Gasteiger partial charge in [0.1, 0.15) is 5.82 Å². The molecule has 0 bridgehead atoms. The second kappa shape index (κ2) is 9.13. The van der Waals surface area contributed by atoms with Crippen molar-refractivity contribution in [3.05, 3.63) is 35.6 Å². The van der Waals surface area contributed by atoms with Crippen LogP contribution in [0.15, 0.2) is 29.3 Å². The number of nitrogens with zero attached hydrogens (tertiary/aromatic N) is 2. The molecule has 0 aliphatic carbocycles. The third-order valence-corrected chi connectivity index (χ3v) is 5.05. The molecular weight excluding hydrogens is 311 g/mol. The Morgan fingerprint density at radius 2 is 1.87 bits per heavy atom. The van der Waals surface area contributed by atoms with Gasteiger partial charge in [-0.3, -0.25) is 4.99 Å². The van der Waals surface area contributed by atoms with E-state index in [0.29, 0.717) is 6.54 Å². The molecule has 0 radical (unpaired) electrons. The zero-order valence-corrected chi connectivity index (χ0v) is 15.8. The monoisotopic (exact) mass is 340 g/mol. The third kappa shape index (κ3) is 6.79. The Kier molecular flexibility index (Phi) is 7.85. The zero-order chi connectivity index (χ0) is 17.5. The lowest BCUT2D eigenvalue weighted by atomic mass is 10.1. The number of thioether (sulfide) groups is 1. The second-order valence-corrected chi connectivity index (χ2v) is 7.81. The first-order valence-corrected chi connectivity index (χ1v) is 8.93. The normalized spacial score (nSPS) is 14.0. The molecule has 2 N–H and O–H groups in total. The maximum Gasteiger partial charge on any atom is 0.191 e. The van der Waals surface area contributed by atoms with Gasteiger partial charge >= 0.3 is 0 Å². The largest absolute Gasteiger partial charge is 0.355 e. The van der Waals surface area contributed by atoms with Crippen LogP contribution < -0.4 is 10.6 Å². The Balaban J connectivity index is 2.65. The average Bonchev–Trinajstić information content (AvgIpc) is 2.51. The highest BCUT2D eigenvalue weighted by atomic mass is 32.2. The van der Waals surface area contributed by atoms with Gasteiger partial charge in [0.25, 0.3) is 0 Å². The quantitative estimate of drug-likeness (QED) is 0.591. The lowest BCUT2D eigenvalue weighted by Crippen LogP contribution is -2.45. The van der Waals surface area contributed by atoms with Crippen LogP contribution in [0.4, 0.5) is 4.39 Å². The molecule has 1 atom stereocenters. The zero-order valence-electron chi connectivity index (χ0n) is 15.0. The molecule has 23 heavy (non-hydrogen) atoms. The molecule has 1 rings (SSSR count). The second-order valence-electron chi connectivity index (χ2n) is 6.30. The van der Waals surface area contributed by atoms with Crippen molar-refractivity contribution >= 4 is 17.7 Å². The SMILES string of the molecule is CN=C(NCC(c1ccc(F)cc1)N(C)C)NCC(C)(C)SC. The Morgan fingerprint density at radius 1 is 1.26 bits per heavy atom. The molecule has 6 heteroatoms. The van der Waals surface area contributed by atoms with E-state index in [1.165, 1.54) is 12.1 Å². The van der Waals surface area contributed by atoms with Crippen LogP contribution in [0.1, 0.15) is 25.5 Å². The van der Waals surface area contributed by atoms with Gasteiger partial charge in [-0.05, 0) is 51.9 Å². The summed E-state index contributed by atoms with van der Waals surface area (Å²) in [6.45, 7) is 5.91. The maximum atomic E-state index is 13.1. The molecule has 0 spiro atoms. The number of rotatable bonds is 7. The summed E-state index contributed by atoms with van der Waals surface area (Å²) >= 11 is 1.82. The average molecular weight is 341 g/mol. The van der Waals surface area contributed by atoms with Gasteiger partial charge in [0.15, 0.2) is 5.96 Å². The van der Waals surface area contributed by atoms with Gasteiger partial charge in [-0.15, -0.1) is 0 Å². The number of benzene rings is 1. The maximum absolute atomic E-state index is 13.1. The lowest BCUT2D eigenvalue weighted by molar-refractivity contribution is 0.298. The number of likely N-dealkylation sites (N-methyl/N-ethyl adjacent to an activating group) is 1. The summed E-state index contributed by atoms with van der Waals surface area (Å²) in [6, 6.07) is 6.80. The number of guanidine groups is 1. The van der Waals surface area contributed by atoms with Crippen molar-refractivity contribution in [2.24, 2.45) is 4.99 Å². The van der Waals surface area contributed by atoms with Crippen molar-refractivity contribution in [1.29, 1.82) is 0 Å². The van der Waals surface area contributed by atoms with Gasteiger partial charge in [-0.2, -0.15) is 11.8 Å². The number of hydrogen-bond donors (Lipinski definition) is 2. The Morgan fingerprint density at radius 3 is 2.35 bits per heavy atom. The van der Waals surface area contributed by atoms with Gasteiger partial charge in [-0.25, -0.2) is 4.39 Å². The summed E-state index contributed by atoms with van der Waals surface area (Å²) in [5.41, 5.74) is 1.07. The van der Waals surface area contributed by atoms with Crippen LogP contribution >= 0.6 is 11.8 Å². The fourth-order valence-corrected chi connectivity index (χ4v) is 2.28. The topological polar surface area (TPSA) is 39.7 Å². The van der Waals surface area contributed by atoms with Crippen molar-refractivity contribution in [2.75, 3.05) is 40.5 Å².